The minimum atomic E-state index is -3.70. The first-order valence-electron chi connectivity index (χ1n) is 8.14. The van der Waals surface area contributed by atoms with Gasteiger partial charge in [0.25, 0.3) is 0 Å². The summed E-state index contributed by atoms with van der Waals surface area (Å²) >= 11 is 0. The van der Waals surface area contributed by atoms with Crippen molar-refractivity contribution in [3.8, 4) is 17.2 Å². The summed E-state index contributed by atoms with van der Waals surface area (Å²) in [6, 6.07) is 6.71. The maximum Gasteiger partial charge on any atom is 0.323 e. The van der Waals surface area contributed by atoms with E-state index in [0.29, 0.717) is 29.3 Å². The molecule has 8 heteroatoms. The summed E-state index contributed by atoms with van der Waals surface area (Å²) in [4.78, 5) is 0. The standard InChI is InChI=1S/C18H15F2N3O2S/c1-23-16-8-11(17-13(9-21)14(19)4-5-15(17)20)7-12(6-10-2-3-10)18(16)22-26(23,24)25/h4-5,7-8,10,22H,2-3,6H2,1H3. The van der Waals surface area contributed by atoms with Gasteiger partial charge >= 0.3 is 10.2 Å². The van der Waals surface area contributed by atoms with Crippen LogP contribution in [0.5, 0.6) is 0 Å². The molecule has 0 atom stereocenters. The molecule has 0 aromatic heterocycles. The van der Waals surface area contributed by atoms with E-state index in [2.05, 4.69) is 4.72 Å². The van der Waals surface area contributed by atoms with Gasteiger partial charge in [0.1, 0.15) is 17.7 Å². The molecule has 0 spiro atoms. The second kappa shape index (κ2) is 5.68. The van der Waals surface area contributed by atoms with Gasteiger partial charge in [0.2, 0.25) is 0 Å². The van der Waals surface area contributed by atoms with E-state index in [-0.39, 0.29) is 5.56 Å². The molecular weight excluding hydrogens is 360 g/mol. The molecule has 26 heavy (non-hydrogen) atoms. The third kappa shape index (κ3) is 2.59. The monoisotopic (exact) mass is 375 g/mol. The molecule has 1 N–H and O–H groups in total. The molecule has 1 saturated carbocycles. The summed E-state index contributed by atoms with van der Waals surface area (Å²) in [5.74, 6) is -1.08. The summed E-state index contributed by atoms with van der Waals surface area (Å²) in [5.41, 5.74) is 1.31. The normalized spacial score (nSPS) is 17.5. The third-order valence-electron chi connectivity index (χ3n) is 4.84. The van der Waals surface area contributed by atoms with Crippen molar-refractivity contribution in [3.05, 3.63) is 47.0 Å². The van der Waals surface area contributed by atoms with Crippen LogP contribution in [0.25, 0.3) is 11.1 Å². The minimum absolute atomic E-state index is 0.148. The van der Waals surface area contributed by atoms with Crippen molar-refractivity contribution in [1.29, 1.82) is 5.26 Å². The Hall–Kier alpha value is -2.66. The van der Waals surface area contributed by atoms with Gasteiger partial charge < -0.3 is 0 Å². The Morgan fingerprint density at radius 1 is 1.27 bits per heavy atom. The van der Waals surface area contributed by atoms with Crippen molar-refractivity contribution in [2.24, 2.45) is 5.92 Å². The number of nitrogens with zero attached hydrogens (tertiary/aromatic N) is 2. The fourth-order valence-corrected chi connectivity index (χ4v) is 4.29. The Labute approximate surface area is 150 Å². The number of anilines is 2. The van der Waals surface area contributed by atoms with Gasteiger partial charge in [0.05, 0.1) is 16.9 Å². The number of nitriles is 1. The Balaban J connectivity index is 1.97. The van der Waals surface area contributed by atoms with E-state index in [1.807, 2.05) is 0 Å². The maximum atomic E-state index is 14.4. The van der Waals surface area contributed by atoms with Crippen molar-refractivity contribution < 1.29 is 17.2 Å². The highest BCUT2D eigenvalue weighted by Gasteiger charge is 2.34. The Kier molecular flexibility index (Phi) is 3.66. The van der Waals surface area contributed by atoms with Gasteiger partial charge in [-0.15, -0.1) is 0 Å². The molecule has 5 nitrogen and oxygen atoms in total. The van der Waals surface area contributed by atoms with E-state index < -0.39 is 27.4 Å². The zero-order valence-electron chi connectivity index (χ0n) is 13.9. The number of benzene rings is 2. The Bertz CT molecular complexity index is 1070. The lowest BCUT2D eigenvalue weighted by Gasteiger charge is -2.14. The van der Waals surface area contributed by atoms with Crippen LogP contribution in [0, 0.1) is 28.9 Å². The summed E-state index contributed by atoms with van der Waals surface area (Å²) < 4.78 is 56.4. The van der Waals surface area contributed by atoms with Crippen LogP contribution in [0.1, 0.15) is 24.0 Å². The van der Waals surface area contributed by atoms with Gasteiger partial charge in [-0.25, -0.2) is 8.78 Å². The first-order chi connectivity index (χ1) is 12.3. The van der Waals surface area contributed by atoms with Crippen LogP contribution in [0.4, 0.5) is 20.2 Å². The number of hydrogen-bond acceptors (Lipinski definition) is 3. The van der Waals surface area contributed by atoms with Crippen LogP contribution in [0.2, 0.25) is 0 Å². The molecule has 1 fully saturated rings. The predicted octanol–water partition coefficient (Wildman–Crippen LogP) is 3.56. The molecule has 1 aliphatic carbocycles. The molecule has 0 amide bonds. The molecule has 0 bridgehead atoms. The molecule has 2 aromatic rings. The molecular formula is C18H15F2N3O2S. The highest BCUT2D eigenvalue weighted by molar-refractivity contribution is 7.94. The first-order valence-corrected chi connectivity index (χ1v) is 9.58. The highest BCUT2D eigenvalue weighted by Crippen LogP contribution is 2.45. The SMILES string of the molecule is CN1c2cc(-c3c(F)ccc(F)c3C#N)cc(CC3CC3)c2NS1(=O)=O. The maximum absolute atomic E-state index is 14.4. The molecule has 1 aliphatic heterocycles. The molecule has 2 aliphatic rings. The van der Waals surface area contributed by atoms with Crippen LogP contribution < -0.4 is 9.03 Å². The van der Waals surface area contributed by atoms with E-state index in [1.165, 1.54) is 13.1 Å². The van der Waals surface area contributed by atoms with Gasteiger partial charge in [-0.1, -0.05) is 0 Å². The van der Waals surface area contributed by atoms with E-state index in [1.54, 1.807) is 12.1 Å². The average molecular weight is 375 g/mol. The fraction of sp³-hybridized carbons (Fsp3) is 0.278. The lowest BCUT2D eigenvalue weighted by molar-refractivity contribution is 0.600. The van der Waals surface area contributed by atoms with Crippen LogP contribution >= 0.6 is 0 Å². The number of halogens is 2. The molecule has 134 valence electrons. The van der Waals surface area contributed by atoms with Gasteiger partial charge in [-0.05, 0) is 60.6 Å². The summed E-state index contributed by atoms with van der Waals surface area (Å²) in [6.45, 7) is 0. The van der Waals surface area contributed by atoms with Gasteiger partial charge in [0, 0.05) is 12.6 Å². The Morgan fingerprint density at radius 3 is 2.62 bits per heavy atom. The molecule has 0 unspecified atom stereocenters. The van der Waals surface area contributed by atoms with Gasteiger partial charge in [-0.3, -0.25) is 9.03 Å². The fourth-order valence-electron chi connectivity index (χ4n) is 3.26. The van der Waals surface area contributed by atoms with Crippen LogP contribution in [0.3, 0.4) is 0 Å². The zero-order chi connectivity index (χ0) is 18.6. The second-order valence-corrected chi connectivity index (χ2v) is 8.34. The summed E-state index contributed by atoms with van der Waals surface area (Å²) in [6.07, 6.45) is 2.75. The van der Waals surface area contributed by atoms with Crippen LogP contribution in [-0.2, 0) is 16.6 Å². The van der Waals surface area contributed by atoms with Gasteiger partial charge in [-0.2, -0.15) is 13.7 Å². The third-order valence-corrected chi connectivity index (χ3v) is 6.22. The average Bonchev–Trinajstić information content (AvgIpc) is 3.37. The van der Waals surface area contributed by atoms with E-state index in [4.69, 9.17) is 0 Å². The zero-order valence-corrected chi connectivity index (χ0v) is 14.7. The second-order valence-electron chi connectivity index (χ2n) is 6.64. The predicted molar refractivity (Wildman–Crippen MR) is 93.9 cm³/mol. The van der Waals surface area contributed by atoms with Gasteiger partial charge in [0.15, 0.2) is 0 Å². The minimum Gasteiger partial charge on any atom is -0.264 e. The molecule has 0 radical (unpaired) electrons. The van der Waals surface area contributed by atoms with Crippen LogP contribution in [0.15, 0.2) is 24.3 Å². The Morgan fingerprint density at radius 2 is 1.96 bits per heavy atom. The topological polar surface area (TPSA) is 73.2 Å². The number of nitrogens with one attached hydrogen (secondary N) is 1. The molecule has 4 rings (SSSR count). The molecule has 0 saturated heterocycles. The quantitative estimate of drug-likeness (QED) is 0.891. The lowest BCUT2D eigenvalue weighted by atomic mass is 9.94. The van der Waals surface area contributed by atoms with Crippen molar-refractivity contribution >= 4 is 21.6 Å². The number of fused-ring (bicyclic) bond motifs is 1. The van der Waals surface area contributed by atoms with Crippen molar-refractivity contribution in [2.75, 3.05) is 16.1 Å². The van der Waals surface area contributed by atoms with E-state index in [9.17, 15) is 22.5 Å². The highest BCUT2D eigenvalue weighted by atomic mass is 32.2. The summed E-state index contributed by atoms with van der Waals surface area (Å²) in [7, 11) is -2.31. The van der Waals surface area contributed by atoms with Crippen molar-refractivity contribution in [2.45, 2.75) is 19.3 Å². The van der Waals surface area contributed by atoms with E-state index >= 15 is 0 Å². The summed E-state index contributed by atoms with van der Waals surface area (Å²) in [5, 5.41) is 9.26. The van der Waals surface area contributed by atoms with Crippen LogP contribution in [-0.4, -0.2) is 15.5 Å². The smallest absolute Gasteiger partial charge is 0.264 e. The first kappa shape index (κ1) is 16.8. The lowest BCUT2D eigenvalue weighted by Crippen LogP contribution is -2.25. The van der Waals surface area contributed by atoms with Crippen molar-refractivity contribution in [3.63, 3.8) is 0 Å². The molecule has 2 aromatic carbocycles. The van der Waals surface area contributed by atoms with E-state index in [0.717, 1.165) is 34.8 Å². The largest absolute Gasteiger partial charge is 0.323 e. The number of rotatable bonds is 3. The number of hydrogen-bond donors (Lipinski definition) is 1. The molecule has 1 heterocycles. The van der Waals surface area contributed by atoms with Crippen molar-refractivity contribution in [1.82, 2.24) is 0 Å².